The monoisotopic (exact) mass is 258 g/mol. The summed E-state index contributed by atoms with van der Waals surface area (Å²) >= 11 is 5.55. The van der Waals surface area contributed by atoms with Crippen molar-refractivity contribution in [3.05, 3.63) is 5.89 Å². The molecule has 17 heavy (non-hydrogen) atoms. The van der Waals surface area contributed by atoms with Gasteiger partial charge in [0.15, 0.2) is 0 Å². The lowest BCUT2D eigenvalue weighted by atomic mass is 10.1. The molecule has 0 bridgehead atoms. The Hall–Kier alpha value is -1.63. The fraction of sp³-hybridized carbons (Fsp3) is 0.556. The first kappa shape index (κ1) is 11.8. The number of carbonyl (C=O) groups excluding carboxylic acids is 2. The SMILES string of the molecule is CCC1C(=O)NC(=O)CN1c1nnc(CCl)o1. The van der Waals surface area contributed by atoms with Crippen LogP contribution in [0.1, 0.15) is 19.2 Å². The largest absolute Gasteiger partial charge is 0.407 e. The number of carbonyl (C=O) groups is 2. The minimum Gasteiger partial charge on any atom is -0.407 e. The Morgan fingerprint density at radius 3 is 2.88 bits per heavy atom. The highest BCUT2D eigenvalue weighted by molar-refractivity contribution is 6.16. The molecule has 0 aromatic carbocycles. The first-order valence-corrected chi connectivity index (χ1v) is 5.67. The topological polar surface area (TPSA) is 88.3 Å². The zero-order valence-corrected chi connectivity index (χ0v) is 9.90. The molecule has 0 saturated carbocycles. The van der Waals surface area contributed by atoms with Crippen LogP contribution in [0.3, 0.4) is 0 Å². The van der Waals surface area contributed by atoms with Crippen molar-refractivity contribution >= 4 is 29.4 Å². The summed E-state index contributed by atoms with van der Waals surface area (Å²) in [6, 6.07) is -0.327. The third-order valence-electron chi connectivity index (χ3n) is 2.46. The fourth-order valence-electron chi connectivity index (χ4n) is 1.69. The van der Waals surface area contributed by atoms with Gasteiger partial charge >= 0.3 is 6.01 Å². The molecular weight excluding hydrogens is 248 g/mol. The average Bonchev–Trinajstić information content (AvgIpc) is 2.76. The van der Waals surface area contributed by atoms with E-state index in [2.05, 4.69) is 15.5 Å². The predicted molar refractivity (Wildman–Crippen MR) is 58.4 cm³/mol. The summed E-state index contributed by atoms with van der Waals surface area (Å²) in [7, 11) is 0. The number of nitrogens with zero attached hydrogens (tertiary/aromatic N) is 3. The summed E-state index contributed by atoms with van der Waals surface area (Å²) in [6.45, 7) is 1.86. The second kappa shape index (κ2) is 4.70. The Labute approximate surface area is 102 Å². The zero-order chi connectivity index (χ0) is 12.4. The lowest BCUT2D eigenvalue weighted by Gasteiger charge is -2.31. The van der Waals surface area contributed by atoms with Crippen molar-refractivity contribution < 1.29 is 14.0 Å². The molecule has 2 rings (SSSR count). The summed E-state index contributed by atoms with van der Waals surface area (Å²) in [5.41, 5.74) is 0. The van der Waals surface area contributed by atoms with Gasteiger partial charge in [0, 0.05) is 0 Å². The van der Waals surface area contributed by atoms with Crippen LogP contribution >= 0.6 is 11.6 Å². The van der Waals surface area contributed by atoms with Crippen LogP contribution < -0.4 is 10.2 Å². The number of imide groups is 1. The first-order chi connectivity index (χ1) is 8.15. The quantitative estimate of drug-likeness (QED) is 0.609. The van der Waals surface area contributed by atoms with E-state index in [4.69, 9.17) is 16.0 Å². The summed E-state index contributed by atoms with van der Waals surface area (Å²) in [4.78, 5) is 24.4. The lowest BCUT2D eigenvalue weighted by molar-refractivity contribution is -0.133. The van der Waals surface area contributed by atoms with Gasteiger partial charge in [-0.25, -0.2) is 0 Å². The number of anilines is 1. The van der Waals surface area contributed by atoms with Crippen LogP contribution in [-0.4, -0.2) is 34.6 Å². The molecule has 1 aromatic rings. The molecule has 0 radical (unpaired) electrons. The van der Waals surface area contributed by atoms with Crippen LogP contribution in [0.5, 0.6) is 0 Å². The van der Waals surface area contributed by atoms with Crippen molar-refractivity contribution in [2.24, 2.45) is 0 Å². The molecule has 8 heteroatoms. The van der Waals surface area contributed by atoms with Gasteiger partial charge in [0.05, 0.1) is 0 Å². The van der Waals surface area contributed by atoms with Crippen molar-refractivity contribution in [2.75, 3.05) is 11.4 Å². The maximum Gasteiger partial charge on any atom is 0.319 e. The minimum atomic E-state index is -0.476. The van der Waals surface area contributed by atoms with Gasteiger partial charge in [-0.15, -0.1) is 16.7 Å². The van der Waals surface area contributed by atoms with Crippen LogP contribution in [-0.2, 0) is 15.5 Å². The standard InChI is InChI=1S/C9H11ClN4O3/c1-2-5-8(16)11-6(15)4-14(5)9-13-12-7(3-10)17-9/h5H,2-4H2,1H3,(H,11,15,16). The normalized spacial score (nSPS) is 20.6. The Morgan fingerprint density at radius 1 is 1.53 bits per heavy atom. The van der Waals surface area contributed by atoms with Crippen molar-refractivity contribution in [2.45, 2.75) is 25.3 Å². The number of hydrogen-bond acceptors (Lipinski definition) is 6. The molecule has 2 amide bonds. The van der Waals surface area contributed by atoms with Gasteiger partial charge in [-0.2, -0.15) is 0 Å². The van der Waals surface area contributed by atoms with E-state index >= 15 is 0 Å². The molecule has 1 unspecified atom stereocenters. The van der Waals surface area contributed by atoms with Crippen LogP contribution in [0.2, 0.25) is 0 Å². The van der Waals surface area contributed by atoms with Gasteiger partial charge in [-0.1, -0.05) is 12.0 Å². The Morgan fingerprint density at radius 2 is 2.29 bits per heavy atom. The molecule has 1 N–H and O–H groups in total. The van der Waals surface area contributed by atoms with E-state index in [0.717, 1.165) is 0 Å². The zero-order valence-electron chi connectivity index (χ0n) is 9.14. The molecule has 0 spiro atoms. The third kappa shape index (κ3) is 2.23. The predicted octanol–water partition coefficient (Wildman–Crippen LogP) is 0.0498. The van der Waals surface area contributed by atoms with Crippen LogP contribution in [0.4, 0.5) is 6.01 Å². The number of halogens is 1. The van der Waals surface area contributed by atoms with Crippen molar-refractivity contribution in [1.29, 1.82) is 0 Å². The second-order valence-electron chi connectivity index (χ2n) is 3.58. The van der Waals surface area contributed by atoms with Crippen molar-refractivity contribution in [1.82, 2.24) is 15.5 Å². The maximum absolute atomic E-state index is 11.6. The van der Waals surface area contributed by atoms with Crippen LogP contribution in [0.15, 0.2) is 4.42 Å². The highest BCUT2D eigenvalue weighted by Crippen LogP contribution is 2.19. The van der Waals surface area contributed by atoms with Gasteiger partial charge in [-0.05, 0) is 6.42 Å². The summed E-state index contributed by atoms with van der Waals surface area (Å²) in [5.74, 6) is -0.382. The van der Waals surface area contributed by atoms with Gasteiger partial charge < -0.3 is 9.32 Å². The summed E-state index contributed by atoms with van der Waals surface area (Å²) < 4.78 is 5.24. The Kier molecular flexibility index (Phi) is 3.28. The van der Waals surface area contributed by atoms with E-state index in [1.807, 2.05) is 6.92 Å². The van der Waals surface area contributed by atoms with Crippen LogP contribution in [0.25, 0.3) is 0 Å². The second-order valence-corrected chi connectivity index (χ2v) is 3.84. The van der Waals surface area contributed by atoms with Crippen molar-refractivity contribution in [3.8, 4) is 0 Å². The van der Waals surface area contributed by atoms with Crippen LogP contribution in [0, 0.1) is 0 Å². The molecule has 92 valence electrons. The summed E-state index contributed by atoms with van der Waals surface area (Å²) in [5, 5.41) is 9.73. The Bertz CT molecular complexity index is 447. The number of rotatable bonds is 3. The fourth-order valence-corrected chi connectivity index (χ4v) is 1.80. The molecule has 1 fully saturated rings. The number of amides is 2. The third-order valence-corrected chi connectivity index (χ3v) is 2.69. The van der Waals surface area contributed by atoms with E-state index in [1.165, 1.54) is 4.90 Å². The first-order valence-electron chi connectivity index (χ1n) is 5.14. The molecule has 1 atom stereocenters. The molecule has 1 aliphatic rings. The number of nitrogens with one attached hydrogen (secondary N) is 1. The minimum absolute atomic E-state index is 0.0220. The Balaban J connectivity index is 2.27. The van der Waals surface area contributed by atoms with Gasteiger partial charge in [0.1, 0.15) is 18.5 Å². The smallest absolute Gasteiger partial charge is 0.319 e. The molecule has 1 aromatic heterocycles. The number of aromatic nitrogens is 2. The van der Waals surface area contributed by atoms with E-state index in [-0.39, 0.29) is 36.1 Å². The molecule has 1 saturated heterocycles. The van der Waals surface area contributed by atoms with Gasteiger partial charge in [-0.3, -0.25) is 14.9 Å². The molecule has 2 heterocycles. The van der Waals surface area contributed by atoms with Gasteiger partial charge in [0.2, 0.25) is 17.7 Å². The maximum atomic E-state index is 11.6. The molecule has 7 nitrogen and oxygen atoms in total. The summed E-state index contributed by atoms with van der Waals surface area (Å²) in [6.07, 6.45) is 0.539. The van der Waals surface area contributed by atoms with Crippen molar-refractivity contribution in [3.63, 3.8) is 0 Å². The van der Waals surface area contributed by atoms with E-state index < -0.39 is 6.04 Å². The van der Waals surface area contributed by atoms with Gasteiger partial charge in [0.25, 0.3) is 0 Å². The van der Waals surface area contributed by atoms with E-state index in [9.17, 15) is 9.59 Å². The van der Waals surface area contributed by atoms with E-state index in [0.29, 0.717) is 6.42 Å². The lowest BCUT2D eigenvalue weighted by Crippen LogP contribution is -2.58. The average molecular weight is 259 g/mol. The molecule has 0 aliphatic carbocycles. The van der Waals surface area contributed by atoms with E-state index in [1.54, 1.807) is 0 Å². The highest BCUT2D eigenvalue weighted by atomic mass is 35.5. The highest BCUT2D eigenvalue weighted by Gasteiger charge is 2.35. The number of hydrogen-bond donors (Lipinski definition) is 1. The number of alkyl halides is 1. The molecular formula is C9H11ClN4O3. The number of piperazine rings is 1. The molecule has 1 aliphatic heterocycles.